The van der Waals surface area contributed by atoms with Crippen molar-refractivity contribution in [2.45, 2.75) is 40.2 Å². The number of hydrogen-bond acceptors (Lipinski definition) is 5. The number of anilines is 1. The molecule has 0 fully saturated rings. The number of nitrogens with one attached hydrogen (secondary N) is 1. The molecule has 0 amide bonds. The van der Waals surface area contributed by atoms with Crippen LogP contribution in [0, 0.1) is 12.3 Å². The Balaban J connectivity index is 2.19. The van der Waals surface area contributed by atoms with Crippen molar-refractivity contribution < 1.29 is 4.42 Å². The van der Waals surface area contributed by atoms with E-state index in [1.807, 2.05) is 12.3 Å². The molecule has 0 unspecified atom stereocenters. The number of pyridine rings is 1. The minimum absolute atomic E-state index is 0.105. The molecule has 0 aliphatic rings. The van der Waals surface area contributed by atoms with E-state index in [4.69, 9.17) is 4.42 Å². The smallest absolute Gasteiger partial charge is 0.315 e. The highest BCUT2D eigenvalue weighted by atomic mass is 16.4. The van der Waals surface area contributed by atoms with Crippen LogP contribution < -0.4 is 5.32 Å². The summed E-state index contributed by atoms with van der Waals surface area (Å²) in [7, 11) is 0. The van der Waals surface area contributed by atoms with E-state index in [1.165, 1.54) is 0 Å². The predicted octanol–water partition coefficient (Wildman–Crippen LogP) is 3.36. The fourth-order valence-electron chi connectivity index (χ4n) is 1.95. The van der Waals surface area contributed by atoms with Gasteiger partial charge in [-0.3, -0.25) is 4.98 Å². The number of aromatic nitrogens is 3. The van der Waals surface area contributed by atoms with E-state index >= 15 is 0 Å². The molecule has 0 aromatic carbocycles. The molecule has 2 aromatic rings. The lowest BCUT2D eigenvalue weighted by Gasteiger charge is -2.26. The van der Waals surface area contributed by atoms with E-state index in [1.54, 1.807) is 13.1 Å². The Morgan fingerprint density at radius 2 is 2.11 bits per heavy atom. The summed E-state index contributed by atoms with van der Waals surface area (Å²) in [6, 6.07) is 4.55. The molecule has 2 rings (SSSR count). The number of nitrogens with zero attached hydrogens (tertiary/aromatic N) is 3. The van der Waals surface area contributed by atoms with Gasteiger partial charge in [-0.15, -0.1) is 5.10 Å². The van der Waals surface area contributed by atoms with Crippen LogP contribution >= 0.6 is 0 Å². The molecule has 5 nitrogen and oxygen atoms in total. The lowest BCUT2D eigenvalue weighted by molar-refractivity contribution is 0.348. The van der Waals surface area contributed by atoms with Gasteiger partial charge in [0, 0.05) is 19.3 Å². The van der Waals surface area contributed by atoms with Gasteiger partial charge < -0.3 is 9.73 Å². The number of hydrogen-bond donors (Lipinski definition) is 1. The largest absolute Gasteiger partial charge is 0.408 e. The van der Waals surface area contributed by atoms with E-state index in [-0.39, 0.29) is 11.5 Å². The van der Waals surface area contributed by atoms with Crippen LogP contribution in [0.15, 0.2) is 28.9 Å². The molecule has 0 bridgehead atoms. The van der Waals surface area contributed by atoms with Crippen molar-refractivity contribution in [3.8, 4) is 0 Å². The van der Waals surface area contributed by atoms with Gasteiger partial charge in [0.2, 0.25) is 5.89 Å². The second kappa shape index (κ2) is 5.38. The summed E-state index contributed by atoms with van der Waals surface area (Å²) in [4.78, 5) is 4.18. The maximum atomic E-state index is 5.40. The average molecular weight is 260 g/mol. The first-order valence-corrected chi connectivity index (χ1v) is 6.41. The third kappa shape index (κ3) is 4.05. The second-order valence-electron chi connectivity index (χ2n) is 5.87. The van der Waals surface area contributed by atoms with Gasteiger partial charge in [-0.05, 0) is 23.5 Å². The van der Waals surface area contributed by atoms with Crippen LogP contribution in [-0.4, -0.2) is 15.2 Å². The third-order valence-corrected chi connectivity index (χ3v) is 2.73. The summed E-state index contributed by atoms with van der Waals surface area (Å²) < 4.78 is 5.40. The van der Waals surface area contributed by atoms with Crippen molar-refractivity contribution in [3.05, 3.63) is 36.0 Å². The Bertz CT molecular complexity index is 516. The lowest BCUT2D eigenvalue weighted by atomic mass is 9.86. The second-order valence-corrected chi connectivity index (χ2v) is 5.87. The fourth-order valence-corrected chi connectivity index (χ4v) is 1.95. The highest BCUT2D eigenvalue weighted by molar-refractivity contribution is 5.27. The molecule has 1 atom stereocenters. The summed E-state index contributed by atoms with van der Waals surface area (Å²) in [6.45, 7) is 8.40. The van der Waals surface area contributed by atoms with Crippen LogP contribution in [0.2, 0.25) is 0 Å². The predicted molar refractivity (Wildman–Crippen MR) is 73.7 cm³/mol. The van der Waals surface area contributed by atoms with Gasteiger partial charge in [-0.1, -0.05) is 31.9 Å². The van der Waals surface area contributed by atoms with Crippen molar-refractivity contribution in [3.63, 3.8) is 0 Å². The van der Waals surface area contributed by atoms with E-state index in [0.717, 1.165) is 12.0 Å². The Morgan fingerprint density at radius 3 is 2.63 bits per heavy atom. The average Bonchev–Trinajstić information content (AvgIpc) is 2.73. The first-order valence-electron chi connectivity index (χ1n) is 6.41. The lowest BCUT2D eigenvalue weighted by Crippen LogP contribution is -2.19. The zero-order chi connectivity index (χ0) is 13.9. The molecule has 5 heteroatoms. The number of rotatable bonds is 4. The Hall–Kier alpha value is -1.91. The third-order valence-electron chi connectivity index (χ3n) is 2.73. The van der Waals surface area contributed by atoms with Crippen molar-refractivity contribution >= 4 is 6.01 Å². The van der Waals surface area contributed by atoms with Crippen LogP contribution in [0.25, 0.3) is 0 Å². The first kappa shape index (κ1) is 13.5. The zero-order valence-corrected chi connectivity index (χ0v) is 11.8. The molecule has 2 heterocycles. The summed E-state index contributed by atoms with van der Waals surface area (Å²) in [5, 5.41) is 11.1. The highest BCUT2D eigenvalue weighted by Gasteiger charge is 2.22. The van der Waals surface area contributed by atoms with Gasteiger partial charge in [0.25, 0.3) is 0 Å². The molecule has 0 aliphatic carbocycles. The van der Waals surface area contributed by atoms with Gasteiger partial charge in [0.1, 0.15) is 0 Å². The molecular formula is C14H20N4O. The van der Waals surface area contributed by atoms with Gasteiger partial charge in [0.05, 0.1) is 6.04 Å². The molecule has 0 spiro atoms. The Morgan fingerprint density at radius 1 is 1.32 bits per heavy atom. The molecule has 0 saturated carbocycles. The SMILES string of the molecule is Cc1nnc(N[C@@H](CC(C)(C)C)c2cccnc2)o1. The zero-order valence-electron chi connectivity index (χ0n) is 11.8. The van der Waals surface area contributed by atoms with Crippen LogP contribution in [-0.2, 0) is 0 Å². The molecule has 2 aromatic heterocycles. The van der Waals surface area contributed by atoms with Crippen LogP contribution in [0.3, 0.4) is 0 Å². The van der Waals surface area contributed by atoms with E-state index in [9.17, 15) is 0 Å². The number of aryl methyl sites for hydroxylation is 1. The standard InChI is InChI=1S/C14H20N4O/c1-10-17-18-13(19-10)16-12(8-14(2,3)4)11-6-5-7-15-9-11/h5-7,9,12H,8H2,1-4H3,(H,16,18)/t12-/m0/s1. The van der Waals surface area contributed by atoms with Gasteiger partial charge >= 0.3 is 6.01 Å². The summed E-state index contributed by atoms with van der Waals surface area (Å²) in [5.74, 6) is 0.559. The molecule has 102 valence electrons. The van der Waals surface area contributed by atoms with Crippen LogP contribution in [0.1, 0.15) is 44.7 Å². The first-order chi connectivity index (χ1) is 8.94. The van der Waals surface area contributed by atoms with E-state index in [2.05, 4.69) is 47.3 Å². The maximum absolute atomic E-state index is 5.40. The summed E-state index contributed by atoms with van der Waals surface area (Å²) in [6.07, 6.45) is 4.58. The van der Waals surface area contributed by atoms with E-state index < -0.39 is 0 Å². The van der Waals surface area contributed by atoms with Crippen LogP contribution in [0.4, 0.5) is 6.01 Å². The van der Waals surface area contributed by atoms with Crippen molar-refractivity contribution in [2.75, 3.05) is 5.32 Å². The quantitative estimate of drug-likeness (QED) is 0.913. The monoisotopic (exact) mass is 260 g/mol. The minimum atomic E-state index is 0.105. The topological polar surface area (TPSA) is 63.8 Å². The van der Waals surface area contributed by atoms with Crippen molar-refractivity contribution in [2.24, 2.45) is 5.41 Å². The highest BCUT2D eigenvalue weighted by Crippen LogP contribution is 2.31. The van der Waals surface area contributed by atoms with Crippen molar-refractivity contribution in [1.29, 1.82) is 0 Å². The molecule has 19 heavy (non-hydrogen) atoms. The van der Waals surface area contributed by atoms with Gasteiger partial charge in [-0.2, -0.15) is 0 Å². The fraction of sp³-hybridized carbons (Fsp3) is 0.500. The van der Waals surface area contributed by atoms with Crippen LogP contribution in [0.5, 0.6) is 0 Å². The molecule has 0 radical (unpaired) electrons. The summed E-state index contributed by atoms with van der Waals surface area (Å²) >= 11 is 0. The van der Waals surface area contributed by atoms with Gasteiger partial charge in [-0.25, -0.2) is 0 Å². The minimum Gasteiger partial charge on any atom is -0.408 e. The molecule has 1 N–H and O–H groups in total. The molecule has 0 aliphatic heterocycles. The normalized spacial score (nSPS) is 13.3. The van der Waals surface area contributed by atoms with Gasteiger partial charge in [0.15, 0.2) is 0 Å². The molecular weight excluding hydrogens is 240 g/mol. The molecule has 0 saturated heterocycles. The Kier molecular flexibility index (Phi) is 3.83. The van der Waals surface area contributed by atoms with E-state index in [0.29, 0.717) is 11.9 Å². The summed E-state index contributed by atoms with van der Waals surface area (Å²) in [5.41, 5.74) is 1.30. The maximum Gasteiger partial charge on any atom is 0.315 e. The Labute approximate surface area is 113 Å². The van der Waals surface area contributed by atoms with Crippen molar-refractivity contribution in [1.82, 2.24) is 15.2 Å².